The molecule has 0 spiro atoms. The lowest BCUT2D eigenvalue weighted by Crippen LogP contribution is -2.35. The van der Waals surface area contributed by atoms with Crippen molar-refractivity contribution in [3.63, 3.8) is 0 Å². The third-order valence-electron chi connectivity index (χ3n) is 1.63. The number of halogens is 2. The minimum atomic E-state index is -4.03. The molecular weight excluding hydrogens is 222 g/mol. The van der Waals surface area contributed by atoms with E-state index >= 15 is 0 Å². The Hall–Kier alpha value is -1.98. The van der Waals surface area contributed by atoms with Crippen LogP contribution in [-0.2, 0) is 9.59 Å². The van der Waals surface area contributed by atoms with E-state index in [1.54, 1.807) is 6.07 Å². The number of hydrogen-bond acceptors (Lipinski definition) is 3. The molecule has 0 aliphatic heterocycles. The zero-order chi connectivity index (χ0) is 12.2. The van der Waals surface area contributed by atoms with E-state index in [1.165, 1.54) is 24.3 Å². The fourth-order valence-electron chi connectivity index (χ4n) is 0.932. The molecular formula is C10H8F2O4. The molecule has 1 aromatic carbocycles. The van der Waals surface area contributed by atoms with E-state index in [1.807, 2.05) is 0 Å². The Kier molecular flexibility index (Phi) is 3.55. The molecule has 1 N–H and O–H groups in total. The highest BCUT2D eigenvalue weighted by atomic mass is 19.3. The molecule has 1 rings (SSSR count). The van der Waals surface area contributed by atoms with Crippen molar-refractivity contribution in [3.8, 4) is 5.75 Å². The maximum Gasteiger partial charge on any atom is 0.383 e. The van der Waals surface area contributed by atoms with Gasteiger partial charge >= 0.3 is 17.9 Å². The van der Waals surface area contributed by atoms with Crippen molar-refractivity contribution in [2.24, 2.45) is 0 Å². The van der Waals surface area contributed by atoms with E-state index in [4.69, 9.17) is 5.11 Å². The molecule has 0 saturated heterocycles. The summed E-state index contributed by atoms with van der Waals surface area (Å²) in [6.07, 6.45) is -1.58. The summed E-state index contributed by atoms with van der Waals surface area (Å²) in [4.78, 5) is 21.0. The number of aliphatic carboxylic acids is 1. The van der Waals surface area contributed by atoms with E-state index in [-0.39, 0.29) is 5.75 Å². The molecule has 0 saturated carbocycles. The summed E-state index contributed by atoms with van der Waals surface area (Å²) in [7, 11) is 0. The molecule has 0 fully saturated rings. The summed E-state index contributed by atoms with van der Waals surface area (Å²) in [5, 5.41) is 8.18. The predicted molar refractivity (Wildman–Crippen MR) is 49.3 cm³/mol. The fourth-order valence-corrected chi connectivity index (χ4v) is 0.932. The monoisotopic (exact) mass is 230 g/mol. The van der Waals surface area contributed by atoms with E-state index in [0.717, 1.165) is 0 Å². The minimum absolute atomic E-state index is 0.0578. The van der Waals surface area contributed by atoms with Gasteiger partial charge in [0.15, 0.2) is 0 Å². The molecule has 0 atom stereocenters. The van der Waals surface area contributed by atoms with Gasteiger partial charge in [0.25, 0.3) is 0 Å². The summed E-state index contributed by atoms with van der Waals surface area (Å²) >= 11 is 0. The normalized spacial score (nSPS) is 10.9. The first kappa shape index (κ1) is 12.1. The predicted octanol–water partition coefficient (Wildman–Crippen LogP) is 1.70. The first-order valence-corrected chi connectivity index (χ1v) is 4.29. The Bertz CT molecular complexity index is 389. The fraction of sp³-hybridized carbons (Fsp3) is 0.200. The molecule has 86 valence electrons. The van der Waals surface area contributed by atoms with Crippen LogP contribution in [0.15, 0.2) is 30.3 Å². The van der Waals surface area contributed by atoms with Gasteiger partial charge in [-0.25, -0.2) is 4.79 Å². The zero-order valence-corrected chi connectivity index (χ0v) is 8.02. The van der Waals surface area contributed by atoms with Crippen LogP contribution in [0.1, 0.15) is 6.42 Å². The molecule has 16 heavy (non-hydrogen) atoms. The number of hydrogen-bond donors (Lipinski definition) is 1. The van der Waals surface area contributed by atoms with Crippen LogP contribution in [0.25, 0.3) is 0 Å². The number of benzene rings is 1. The van der Waals surface area contributed by atoms with Gasteiger partial charge in [0.05, 0.1) is 0 Å². The van der Waals surface area contributed by atoms with E-state index in [2.05, 4.69) is 4.74 Å². The molecule has 0 aromatic heterocycles. The molecule has 0 aliphatic rings. The quantitative estimate of drug-likeness (QED) is 0.631. The number of carboxylic acids is 1. The van der Waals surface area contributed by atoms with Gasteiger partial charge in [-0.05, 0) is 12.1 Å². The van der Waals surface area contributed by atoms with Crippen molar-refractivity contribution >= 4 is 11.9 Å². The van der Waals surface area contributed by atoms with E-state index in [0.29, 0.717) is 0 Å². The number of alkyl halides is 2. The van der Waals surface area contributed by atoms with E-state index in [9.17, 15) is 18.4 Å². The molecule has 0 heterocycles. The van der Waals surface area contributed by atoms with Crippen LogP contribution in [-0.4, -0.2) is 23.0 Å². The van der Waals surface area contributed by atoms with Crippen LogP contribution in [0, 0.1) is 0 Å². The van der Waals surface area contributed by atoms with Crippen LogP contribution in [0.2, 0.25) is 0 Å². The highest BCUT2D eigenvalue weighted by molar-refractivity contribution is 5.84. The van der Waals surface area contributed by atoms with Crippen LogP contribution in [0.3, 0.4) is 0 Å². The maximum atomic E-state index is 12.9. The first-order chi connectivity index (χ1) is 7.42. The second kappa shape index (κ2) is 4.69. The maximum absolute atomic E-state index is 12.9. The van der Waals surface area contributed by atoms with Crippen LogP contribution >= 0.6 is 0 Å². The smallest absolute Gasteiger partial charge is 0.383 e. The Balaban J connectivity index is 2.68. The number of carbonyl (C=O) groups excluding carboxylic acids is 1. The van der Waals surface area contributed by atoms with Crippen LogP contribution in [0.5, 0.6) is 5.75 Å². The minimum Gasteiger partial charge on any atom is -0.481 e. The average Bonchev–Trinajstić information content (AvgIpc) is 2.17. The molecule has 0 radical (unpaired) electrons. The summed E-state index contributed by atoms with van der Waals surface area (Å²) in [6, 6.07) is 7.24. The topological polar surface area (TPSA) is 63.6 Å². The lowest BCUT2D eigenvalue weighted by molar-refractivity contribution is -0.168. The average molecular weight is 230 g/mol. The van der Waals surface area contributed by atoms with Crippen LogP contribution < -0.4 is 4.74 Å². The van der Waals surface area contributed by atoms with Crippen molar-refractivity contribution in [3.05, 3.63) is 30.3 Å². The Morgan fingerprint density at radius 2 is 1.81 bits per heavy atom. The van der Waals surface area contributed by atoms with Crippen molar-refractivity contribution in [2.75, 3.05) is 0 Å². The second-order valence-corrected chi connectivity index (χ2v) is 2.98. The largest absolute Gasteiger partial charge is 0.481 e. The van der Waals surface area contributed by atoms with Gasteiger partial charge in [-0.15, -0.1) is 0 Å². The zero-order valence-electron chi connectivity index (χ0n) is 8.02. The molecule has 0 unspecified atom stereocenters. The highest BCUT2D eigenvalue weighted by Gasteiger charge is 2.43. The number of carbonyl (C=O) groups is 2. The number of rotatable bonds is 4. The standard InChI is InChI=1S/C10H8F2O4/c11-10(12,6-8(13)14)9(15)16-7-4-2-1-3-5-7/h1-5H,6H2,(H,13,14). The van der Waals surface area contributed by atoms with Gasteiger partial charge in [0.2, 0.25) is 0 Å². The van der Waals surface area contributed by atoms with Gasteiger partial charge < -0.3 is 9.84 Å². The second-order valence-electron chi connectivity index (χ2n) is 2.98. The Labute approximate surface area is 89.5 Å². The summed E-state index contributed by atoms with van der Waals surface area (Å²) < 4.78 is 30.1. The molecule has 0 aliphatic carbocycles. The van der Waals surface area contributed by atoms with Gasteiger partial charge in [-0.1, -0.05) is 18.2 Å². The third-order valence-corrected chi connectivity index (χ3v) is 1.63. The summed E-state index contributed by atoms with van der Waals surface area (Å²) in [5.41, 5.74) is 0. The van der Waals surface area contributed by atoms with Gasteiger partial charge in [0.1, 0.15) is 12.2 Å². The summed E-state index contributed by atoms with van der Waals surface area (Å²) in [6.45, 7) is 0. The van der Waals surface area contributed by atoms with E-state index < -0.39 is 24.3 Å². The lowest BCUT2D eigenvalue weighted by atomic mass is 10.2. The molecule has 1 aromatic rings. The van der Waals surface area contributed by atoms with Gasteiger partial charge in [-0.2, -0.15) is 8.78 Å². The molecule has 4 nitrogen and oxygen atoms in total. The number of ether oxygens (including phenoxy) is 1. The Morgan fingerprint density at radius 1 is 1.25 bits per heavy atom. The van der Waals surface area contributed by atoms with Gasteiger partial charge in [-0.3, -0.25) is 4.79 Å². The van der Waals surface area contributed by atoms with Crippen molar-refractivity contribution < 1.29 is 28.2 Å². The molecule has 0 bridgehead atoms. The lowest BCUT2D eigenvalue weighted by Gasteiger charge is -2.12. The highest BCUT2D eigenvalue weighted by Crippen LogP contribution is 2.22. The Morgan fingerprint density at radius 3 is 2.31 bits per heavy atom. The summed E-state index contributed by atoms with van der Waals surface area (Å²) in [5.74, 6) is -7.73. The molecule has 0 amide bonds. The SMILES string of the molecule is O=C(O)CC(F)(F)C(=O)Oc1ccccc1. The van der Waals surface area contributed by atoms with Crippen molar-refractivity contribution in [2.45, 2.75) is 12.3 Å². The van der Waals surface area contributed by atoms with Crippen molar-refractivity contribution in [1.29, 1.82) is 0 Å². The van der Waals surface area contributed by atoms with Crippen molar-refractivity contribution in [1.82, 2.24) is 0 Å². The molecule has 6 heteroatoms. The third kappa shape index (κ3) is 3.30. The number of para-hydroxylation sites is 1. The number of carboxylic acid groups (broad SMARTS) is 1. The van der Waals surface area contributed by atoms with Gasteiger partial charge in [0, 0.05) is 0 Å². The number of esters is 1. The first-order valence-electron chi connectivity index (χ1n) is 4.29. The van der Waals surface area contributed by atoms with Crippen LogP contribution in [0.4, 0.5) is 8.78 Å².